The van der Waals surface area contributed by atoms with Crippen LogP contribution in [0.15, 0.2) is 10.6 Å². The number of hydrogen-bond donors (Lipinski definition) is 0. The minimum absolute atomic E-state index is 0.551. The molecule has 23 heavy (non-hydrogen) atoms. The van der Waals surface area contributed by atoms with Gasteiger partial charge in [0.05, 0.1) is 5.69 Å². The van der Waals surface area contributed by atoms with Crippen LogP contribution in [0.3, 0.4) is 0 Å². The van der Waals surface area contributed by atoms with E-state index in [0.717, 1.165) is 56.8 Å². The topological polar surface area (TPSA) is 69.9 Å². The lowest BCUT2D eigenvalue weighted by Gasteiger charge is -2.36. The predicted octanol–water partition coefficient (Wildman–Crippen LogP) is 1.22. The first kappa shape index (κ1) is 16.9. The molecule has 2 aliphatic rings. The van der Waals surface area contributed by atoms with Crippen molar-refractivity contribution in [1.29, 1.82) is 0 Å². The molecule has 3 rings (SSSR count). The second-order valence-electron chi connectivity index (χ2n) is 6.43. The van der Waals surface area contributed by atoms with Gasteiger partial charge in [-0.25, -0.2) is 0 Å². The lowest BCUT2D eigenvalue weighted by Crippen LogP contribution is -2.52. The molecule has 0 saturated carbocycles. The molecule has 0 unspecified atom stereocenters. The van der Waals surface area contributed by atoms with Crippen LogP contribution in [0.2, 0.25) is 0 Å². The summed E-state index contributed by atoms with van der Waals surface area (Å²) >= 11 is 0. The monoisotopic (exact) mass is 342 g/mol. The summed E-state index contributed by atoms with van der Waals surface area (Å²) in [5.41, 5.74) is 0.909. The highest BCUT2D eigenvalue weighted by molar-refractivity contribution is 7.86. The highest BCUT2D eigenvalue weighted by Gasteiger charge is 2.32. The van der Waals surface area contributed by atoms with Gasteiger partial charge in [0, 0.05) is 51.9 Å². The zero-order valence-electron chi connectivity index (χ0n) is 13.8. The second-order valence-corrected chi connectivity index (χ2v) is 8.35. The summed E-state index contributed by atoms with van der Waals surface area (Å²) in [6.45, 7) is 6.50. The van der Waals surface area contributed by atoms with Gasteiger partial charge in [0.2, 0.25) is 0 Å². The van der Waals surface area contributed by atoms with Crippen molar-refractivity contribution in [2.24, 2.45) is 0 Å². The Morgan fingerprint density at radius 2 is 1.61 bits per heavy atom. The minimum atomic E-state index is -3.29. The molecule has 1 aromatic heterocycles. The maximum Gasteiger partial charge on any atom is 0.282 e. The molecule has 0 amide bonds. The van der Waals surface area contributed by atoms with Crippen molar-refractivity contribution in [2.45, 2.75) is 39.2 Å². The van der Waals surface area contributed by atoms with Crippen LogP contribution in [0.4, 0.5) is 0 Å². The first-order valence-electron chi connectivity index (χ1n) is 8.45. The van der Waals surface area contributed by atoms with E-state index in [2.05, 4.69) is 10.1 Å². The fourth-order valence-corrected chi connectivity index (χ4v) is 4.95. The van der Waals surface area contributed by atoms with Gasteiger partial charge in [-0.15, -0.1) is 0 Å². The molecule has 7 nitrogen and oxygen atoms in total. The van der Waals surface area contributed by atoms with Crippen LogP contribution < -0.4 is 0 Å². The van der Waals surface area contributed by atoms with Crippen LogP contribution in [-0.4, -0.2) is 66.4 Å². The molecule has 0 N–H and O–H groups in total. The molecule has 2 fully saturated rings. The van der Waals surface area contributed by atoms with E-state index in [-0.39, 0.29) is 0 Å². The Balaban J connectivity index is 1.55. The molecule has 2 saturated heterocycles. The van der Waals surface area contributed by atoms with Crippen molar-refractivity contribution < 1.29 is 12.9 Å². The van der Waals surface area contributed by atoms with Crippen LogP contribution in [0.5, 0.6) is 0 Å². The van der Waals surface area contributed by atoms with Crippen LogP contribution in [0.1, 0.15) is 37.1 Å². The van der Waals surface area contributed by atoms with Gasteiger partial charge in [-0.1, -0.05) is 18.0 Å². The van der Waals surface area contributed by atoms with E-state index >= 15 is 0 Å². The fourth-order valence-electron chi connectivity index (χ4n) is 3.28. The van der Waals surface area contributed by atoms with E-state index in [0.29, 0.717) is 26.2 Å². The average molecular weight is 342 g/mol. The molecule has 8 heteroatoms. The van der Waals surface area contributed by atoms with Gasteiger partial charge in [-0.2, -0.15) is 17.0 Å². The zero-order chi connectivity index (χ0) is 16.3. The molecule has 3 heterocycles. The van der Waals surface area contributed by atoms with E-state index in [9.17, 15) is 8.42 Å². The molecule has 130 valence electrons. The SMILES string of the molecule is Cc1cc(CN2CCN(S(=O)(=O)N3CCCCCC3)CC2)no1. The molecule has 2 aliphatic heterocycles. The normalized spacial score (nSPS) is 23.0. The van der Waals surface area contributed by atoms with Crippen molar-refractivity contribution in [3.8, 4) is 0 Å². The molecule has 0 atom stereocenters. The third-order valence-electron chi connectivity index (χ3n) is 4.61. The zero-order valence-corrected chi connectivity index (χ0v) is 14.6. The minimum Gasteiger partial charge on any atom is -0.361 e. The Morgan fingerprint density at radius 1 is 1.00 bits per heavy atom. The number of aromatic nitrogens is 1. The molecular formula is C15H26N4O3S. The Hall–Kier alpha value is -0.960. The largest absolute Gasteiger partial charge is 0.361 e. The van der Waals surface area contributed by atoms with E-state index in [1.54, 1.807) is 8.61 Å². The van der Waals surface area contributed by atoms with E-state index < -0.39 is 10.2 Å². The third-order valence-corrected chi connectivity index (χ3v) is 6.65. The van der Waals surface area contributed by atoms with Gasteiger partial charge in [-0.3, -0.25) is 4.90 Å². The molecular weight excluding hydrogens is 316 g/mol. The van der Waals surface area contributed by atoms with Crippen LogP contribution in [0.25, 0.3) is 0 Å². The van der Waals surface area contributed by atoms with Gasteiger partial charge in [-0.05, 0) is 19.8 Å². The van der Waals surface area contributed by atoms with Crippen LogP contribution in [0, 0.1) is 6.92 Å². The van der Waals surface area contributed by atoms with Crippen molar-refractivity contribution in [3.63, 3.8) is 0 Å². The van der Waals surface area contributed by atoms with Gasteiger partial charge in [0.25, 0.3) is 10.2 Å². The summed E-state index contributed by atoms with van der Waals surface area (Å²) in [4.78, 5) is 2.23. The van der Waals surface area contributed by atoms with E-state index in [4.69, 9.17) is 4.52 Å². The summed E-state index contributed by atoms with van der Waals surface area (Å²) in [7, 11) is -3.29. The highest BCUT2D eigenvalue weighted by Crippen LogP contribution is 2.18. The Labute approximate surface area is 138 Å². The predicted molar refractivity (Wildman–Crippen MR) is 87.1 cm³/mol. The Bertz CT molecular complexity index is 600. The van der Waals surface area contributed by atoms with Crippen LogP contribution in [-0.2, 0) is 16.8 Å². The lowest BCUT2D eigenvalue weighted by molar-refractivity contribution is 0.171. The van der Waals surface area contributed by atoms with Crippen molar-refractivity contribution in [1.82, 2.24) is 18.7 Å². The second kappa shape index (κ2) is 7.29. The maximum absolute atomic E-state index is 12.8. The summed E-state index contributed by atoms with van der Waals surface area (Å²) < 4.78 is 33.9. The lowest BCUT2D eigenvalue weighted by atomic mass is 10.2. The average Bonchev–Trinajstić information content (AvgIpc) is 2.79. The summed E-state index contributed by atoms with van der Waals surface area (Å²) in [6, 6.07) is 1.93. The van der Waals surface area contributed by atoms with Gasteiger partial charge >= 0.3 is 0 Å². The number of aryl methyl sites for hydroxylation is 1. The molecule has 0 radical (unpaired) electrons. The third kappa shape index (κ3) is 4.12. The number of rotatable bonds is 4. The number of piperazine rings is 1. The number of hydrogen-bond acceptors (Lipinski definition) is 5. The van der Waals surface area contributed by atoms with E-state index in [1.807, 2.05) is 13.0 Å². The van der Waals surface area contributed by atoms with Gasteiger partial charge < -0.3 is 4.52 Å². The summed E-state index contributed by atoms with van der Waals surface area (Å²) in [5.74, 6) is 0.808. The van der Waals surface area contributed by atoms with E-state index in [1.165, 1.54) is 0 Å². The molecule has 1 aromatic rings. The summed E-state index contributed by atoms with van der Waals surface area (Å²) in [6.07, 6.45) is 4.23. The van der Waals surface area contributed by atoms with Crippen LogP contribution >= 0.6 is 0 Å². The van der Waals surface area contributed by atoms with Crippen molar-refractivity contribution in [2.75, 3.05) is 39.3 Å². The van der Waals surface area contributed by atoms with Crippen molar-refractivity contribution in [3.05, 3.63) is 17.5 Å². The molecule has 0 aliphatic carbocycles. The Morgan fingerprint density at radius 3 is 2.17 bits per heavy atom. The standard InChI is InChI=1S/C15H26N4O3S/c1-14-12-15(16-22-14)13-17-8-10-19(11-9-17)23(20,21)18-6-4-2-3-5-7-18/h12H,2-11,13H2,1H3. The molecule has 0 aromatic carbocycles. The van der Waals surface area contributed by atoms with Crippen molar-refractivity contribution >= 4 is 10.2 Å². The first-order chi connectivity index (χ1) is 11.1. The fraction of sp³-hybridized carbons (Fsp3) is 0.800. The van der Waals surface area contributed by atoms with Gasteiger partial charge in [0.15, 0.2) is 0 Å². The first-order valence-corrected chi connectivity index (χ1v) is 9.85. The maximum atomic E-state index is 12.8. The van der Waals surface area contributed by atoms with Gasteiger partial charge in [0.1, 0.15) is 5.76 Å². The molecule has 0 bridgehead atoms. The smallest absolute Gasteiger partial charge is 0.282 e. The quantitative estimate of drug-likeness (QED) is 0.823. The highest BCUT2D eigenvalue weighted by atomic mass is 32.2. The summed E-state index contributed by atoms with van der Waals surface area (Å²) in [5, 5.41) is 4.00. The Kier molecular flexibility index (Phi) is 5.35. The molecule has 0 spiro atoms. The number of nitrogens with zero attached hydrogens (tertiary/aromatic N) is 4.